The molecule has 0 spiro atoms. The third-order valence-corrected chi connectivity index (χ3v) is 5.17. The van der Waals surface area contributed by atoms with Crippen LogP contribution < -0.4 is 10.6 Å². The van der Waals surface area contributed by atoms with E-state index in [1.807, 2.05) is 79.7 Å². The van der Waals surface area contributed by atoms with E-state index in [0.717, 1.165) is 39.2 Å². The van der Waals surface area contributed by atoms with Crippen LogP contribution in [0.4, 0.5) is 17.1 Å². The van der Waals surface area contributed by atoms with Crippen LogP contribution in [0, 0.1) is 6.92 Å². The highest BCUT2D eigenvalue weighted by atomic mass is 16.1. The number of benzene rings is 3. The largest absolute Gasteiger partial charge is 0.355 e. The van der Waals surface area contributed by atoms with Gasteiger partial charge in [0, 0.05) is 28.1 Å². The lowest BCUT2D eigenvalue weighted by molar-refractivity contribution is 0.102. The summed E-state index contributed by atoms with van der Waals surface area (Å²) in [6.07, 6.45) is 4.06. The van der Waals surface area contributed by atoms with Crippen LogP contribution >= 0.6 is 0 Å². The summed E-state index contributed by atoms with van der Waals surface area (Å²) in [6, 6.07) is 25.5. The van der Waals surface area contributed by atoms with E-state index in [1.165, 1.54) is 0 Å². The van der Waals surface area contributed by atoms with Crippen LogP contribution in [0.5, 0.6) is 0 Å². The molecule has 7 nitrogen and oxygen atoms in total. The van der Waals surface area contributed by atoms with Crippen molar-refractivity contribution in [2.45, 2.75) is 6.92 Å². The fourth-order valence-corrected chi connectivity index (χ4v) is 3.56. The van der Waals surface area contributed by atoms with Crippen molar-refractivity contribution in [3.8, 4) is 0 Å². The minimum Gasteiger partial charge on any atom is -0.355 e. The summed E-state index contributed by atoms with van der Waals surface area (Å²) < 4.78 is 0. The van der Waals surface area contributed by atoms with E-state index in [2.05, 4.69) is 43.2 Å². The van der Waals surface area contributed by atoms with E-state index in [-0.39, 0.29) is 5.91 Å². The van der Waals surface area contributed by atoms with Crippen LogP contribution in [-0.4, -0.2) is 26.3 Å². The molecule has 7 heteroatoms. The first-order valence-corrected chi connectivity index (χ1v) is 10.6. The van der Waals surface area contributed by atoms with Gasteiger partial charge < -0.3 is 10.6 Å². The van der Waals surface area contributed by atoms with Crippen molar-refractivity contribution in [1.82, 2.24) is 20.4 Å². The Kier molecular flexibility index (Phi) is 5.43. The molecule has 1 amide bonds. The first-order valence-electron chi connectivity index (χ1n) is 10.6. The Labute approximate surface area is 190 Å². The van der Waals surface area contributed by atoms with Crippen molar-refractivity contribution in [2.75, 3.05) is 10.6 Å². The van der Waals surface area contributed by atoms with Crippen molar-refractivity contribution >= 4 is 46.0 Å². The normalized spacial score (nSPS) is 11.2. The molecular weight excluding hydrogens is 412 g/mol. The average molecular weight is 435 g/mol. The Morgan fingerprint density at radius 2 is 1.64 bits per heavy atom. The standard InChI is InChI=1S/C26H22N6O/c1-17-14-25(32-29-17)26(33)28-20-9-5-8-19(15-20)27-21-11-12-22-23(30-31-24(22)16-21)13-10-18-6-3-2-4-7-18/h2-16,27H,1H3,(H,28,33)(H,29,32)(H,30,31)/b13-10+. The molecule has 0 unspecified atom stereocenters. The molecule has 4 N–H and O–H groups in total. The first-order chi connectivity index (χ1) is 16.1. The Bertz CT molecular complexity index is 1450. The lowest BCUT2D eigenvalue weighted by Crippen LogP contribution is -2.12. The number of hydrogen-bond acceptors (Lipinski definition) is 4. The van der Waals surface area contributed by atoms with Gasteiger partial charge in [-0.1, -0.05) is 42.5 Å². The maximum absolute atomic E-state index is 12.4. The van der Waals surface area contributed by atoms with Gasteiger partial charge in [-0.15, -0.1) is 0 Å². The Morgan fingerprint density at radius 1 is 0.818 bits per heavy atom. The predicted molar refractivity (Wildman–Crippen MR) is 132 cm³/mol. The average Bonchev–Trinajstić information content (AvgIpc) is 3.44. The Morgan fingerprint density at radius 3 is 2.45 bits per heavy atom. The molecule has 0 fully saturated rings. The summed E-state index contributed by atoms with van der Waals surface area (Å²) >= 11 is 0. The molecule has 3 aromatic carbocycles. The van der Waals surface area contributed by atoms with E-state index >= 15 is 0 Å². The third-order valence-electron chi connectivity index (χ3n) is 5.17. The summed E-state index contributed by atoms with van der Waals surface area (Å²) in [5, 5.41) is 21.6. The maximum Gasteiger partial charge on any atom is 0.276 e. The molecule has 0 aliphatic heterocycles. The number of hydrogen-bond donors (Lipinski definition) is 4. The number of aromatic nitrogens is 4. The number of anilines is 3. The molecule has 162 valence electrons. The quantitative estimate of drug-likeness (QED) is 0.273. The fourth-order valence-electron chi connectivity index (χ4n) is 3.56. The smallest absolute Gasteiger partial charge is 0.276 e. The number of carbonyl (C=O) groups is 1. The van der Waals surface area contributed by atoms with E-state index in [4.69, 9.17) is 0 Å². The number of carbonyl (C=O) groups excluding carboxylic acids is 1. The van der Waals surface area contributed by atoms with Gasteiger partial charge in [0.1, 0.15) is 0 Å². The molecule has 0 aliphatic carbocycles. The second-order valence-corrected chi connectivity index (χ2v) is 7.71. The number of fused-ring (bicyclic) bond motifs is 1. The number of aryl methyl sites for hydroxylation is 1. The number of nitrogens with one attached hydrogen (secondary N) is 4. The molecule has 33 heavy (non-hydrogen) atoms. The van der Waals surface area contributed by atoms with E-state index < -0.39 is 0 Å². The molecule has 2 aromatic heterocycles. The van der Waals surface area contributed by atoms with Crippen LogP contribution in [0.25, 0.3) is 23.1 Å². The summed E-state index contributed by atoms with van der Waals surface area (Å²) in [4.78, 5) is 12.4. The second-order valence-electron chi connectivity index (χ2n) is 7.71. The van der Waals surface area contributed by atoms with Gasteiger partial charge in [0.2, 0.25) is 0 Å². The van der Waals surface area contributed by atoms with Gasteiger partial charge in [0.25, 0.3) is 5.91 Å². The summed E-state index contributed by atoms with van der Waals surface area (Å²) in [5.41, 5.74) is 6.59. The zero-order valence-corrected chi connectivity index (χ0v) is 18.0. The van der Waals surface area contributed by atoms with Gasteiger partial charge in [-0.05, 0) is 61.0 Å². The van der Waals surface area contributed by atoms with Crippen molar-refractivity contribution in [1.29, 1.82) is 0 Å². The molecule has 0 saturated heterocycles. The van der Waals surface area contributed by atoms with Crippen molar-refractivity contribution < 1.29 is 4.79 Å². The Balaban J connectivity index is 1.31. The van der Waals surface area contributed by atoms with Crippen LogP contribution in [0.15, 0.2) is 78.9 Å². The van der Waals surface area contributed by atoms with Gasteiger partial charge in [-0.2, -0.15) is 10.2 Å². The highest BCUT2D eigenvalue weighted by molar-refractivity contribution is 6.03. The number of nitrogens with zero attached hydrogens (tertiary/aromatic N) is 2. The minimum atomic E-state index is -0.258. The molecule has 2 heterocycles. The maximum atomic E-state index is 12.4. The van der Waals surface area contributed by atoms with Crippen LogP contribution in [0.1, 0.15) is 27.4 Å². The monoisotopic (exact) mass is 434 g/mol. The second kappa shape index (κ2) is 8.84. The predicted octanol–water partition coefficient (Wildman–Crippen LogP) is 5.76. The molecular formula is C26H22N6O. The number of aromatic amines is 2. The molecule has 0 saturated carbocycles. The van der Waals surface area contributed by atoms with E-state index in [0.29, 0.717) is 11.4 Å². The summed E-state index contributed by atoms with van der Waals surface area (Å²) in [7, 11) is 0. The number of H-pyrrole nitrogens is 2. The van der Waals surface area contributed by atoms with Gasteiger partial charge in [-0.3, -0.25) is 15.0 Å². The van der Waals surface area contributed by atoms with Crippen LogP contribution in [0.2, 0.25) is 0 Å². The lowest BCUT2D eigenvalue weighted by atomic mass is 10.1. The molecule has 0 aliphatic rings. The zero-order valence-electron chi connectivity index (χ0n) is 18.0. The van der Waals surface area contributed by atoms with Crippen LogP contribution in [-0.2, 0) is 0 Å². The summed E-state index contributed by atoms with van der Waals surface area (Å²) in [5.74, 6) is -0.258. The fraction of sp³-hybridized carbons (Fsp3) is 0.0385. The van der Waals surface area contributed by atoms with Gasteiger partial charge in [0.15, 0.2) is 5.69 Å². The van der Waals surface area contributed by atoms with Crippen molar-refractivity contribution in [2.24, 2.45) is 0 Å². The van der Waals surface area contributed by atoms with Gasteiger partial charge in [0.05, 0.1) is 11.2 Å². The molecule has 0 bridgehead atoms. The highest BCUT2D eigenvalue weighted by Crippen LogP contribution is 2.25. The SMILES string of the molecule is Cc1cc(C(=O)Nc2cccc(Nc3ccc4c(/C=C/c5ccccc5)n[nH]c4c3)c2)n[nH]1. The van der Waals surface area contributed by atoms with E-state index in [9.17, 15) is 4.79 Å². The third kappa shape index (κ3) is 4.67. The van der Waals surface area contributed by atoms with Gasteiger partial charge in [-0.25, -0.2) is 0 Å². The summed E-state index contributed by atoms with van der Waals surface area (Å²) in [6.45, 7) is 1.85. The van der Waals surface area contributed by atoms with Crippen molar-refractivity contribution in [3.63, 3.8) is 0 Å². The molecule has 0 atom stereocenters. The zero-order chi connectivity index (χ0) is 22.6. The Hall–Kier alpha value is -4.65. The topological polar surface area (TPSA) is 98.5 Å². The number of rotatable bonds is 6. The first kappa shape index (κ1) is 20.3. The number of amides is 1. The molecule has 0 radical (unpaired) electrons. The molecule has 5 aromatic rings. The highest BCUT2D eigenvalue weighted by Gasteiger charge is 2.10. The minimum absolute atomic E-state index is 0.258. The lowest BCUT2D eigenvalue weighted by Gasteiger charge is -2.09. The molecule has 5 rings (SSSR count). The van der Waals surface area contributed by atoms with E-state index in [1.54, 1.807) is 6.07 Å². The van der Waals surface area contributed by atoms with Crippen molar-refractivity contribution in [3.05, 3.63) is 102 Å². The van der Waals surface area contributed by atoms with Crippen LogP contribution in [0.3, 0.4) is 0 Å². The van der Waals surface area contributed by atoms with Gasteiger partial charge >= 0.3 is 0 Å².